The molecule has 0 aliphatic heterocycles. The lowest BCUT2D eigenvalue weighted by Crippen LogP contribution is -1.99. The summed E-state index contributed by atoms with van der Waals surface area (Å²) in [7, 11) is 0. The third kappa shape index (κ3) is 1.28. The molecule has 1 heteroatoms. The highest BCUT2D eigenvalue weighted by atomic mass is 16.1. The summed E-state index contributed by atoms with van der Waals surface area (Å²) < 4.78 is 0. The normalized spacial score (nSPS) is 31.2. The zero-order chi connectivity index (χ0) is 7.84. The topological polar surface area (TPSA) is 17.1 Å². The summed E-state index contributed by atoms with van der Waals surface area (Å²) in [5.74, 6) is 0.800. The van der Waals surface area contributed by atoms with Gasteiger partial charge in [-0.15, -0.1) is 0 Å². The van der Waals surface area contributed by atoms with Crippen LogP contribution in [0.3, 0.4) is 0 Å². The molecule has 0 spiro atoms. The Morgan fingerprint density at radius 1 is 1.64 bits per heavy atom. The van der Waals surface area contributed by atoms with Crippen molar-refractivity contribution in [1.82, 2.24) is 0 Å². The molecule has 2 rings (SSSR count). The van der Waals surface area contributed by atoms with Gasteiger partial charge in [0.05, 0.1) is 0 Å². The Morgan fingerprint density at radius 3 is 3.18 bits per heavy atom. The van der Waals surface area contributed by atoms with Gasteiger partial charge in [0.1, 0.15) is 0 Å². The fourth-order valence-electron chi connectivity index (χ4n) is 1.83. The zero-order valence-corrected chi connectivity index (χ0v) is 6.76. The SMILES string of the molecule is CC(=O)C=C1CCCC2=CC12. The molecule has 0 amide bonds. The van der Waals surface area contributed by atoms with Crippen molar-refractivity contribution in [2.45, 2.75) is 26.2 Å². The Bertz CT molecular complexity index is 258. The summed E-state index contributed by atoms with van der Waals surface area (Å²) in [4.78, 5) is 10.8. The van der Waals surface area contributed by atoms with Crippen LogP contribution in [0.5, 0.6) is 0 Å². The molecule has 1 atom stereocenters. The second-order valence-electron chi connectivity index (χ2n) is 3.40. The molecule has 1 nitrogen and oxygen atoms in total. The number of ketones is 1. The van der Waals surface area contributed by atoms with Crippen LogP contribution in [-0.2, 0) is 4.79 Å². The van der Waals surface area contributed by atoms with Gasteiger partial charge in [0.15, 0.2) is 5.78 Å². The van der Waals surface area contributed by atoms with E-state index in [1.54, 1.807) is 12.5 Å². The van der Waals surface area contributed by atoms with Crippen LogP contribution in [0.2, 0.25) is 0 Å². The fraction of sp³-hybridized carbons (Fsp3) is 0.500. The standard InChI is InChI=1S/C10H12O/c1-7(11)5-8-3-2-4-9-6-10(8)9/h5-6,10H,2-4H2,1H3. The van der Waals surface area contributed by atoms with Gasteiger partial charge in [-0.05, 0) is 32.3 Å². The number of carbonyl (C=O) groups excluding carboxylic acids is 1. The zero-order valence-electron chi connectivity index (χ0n) is 6.76. The molecule has 0 radical (unpaired) electrons. The maximum atomic E-state index is 10.8. The first kappa shape index (κ1) is 6.84. The van der Waals surface area contributed by atoms with Crippen LogP contribution in [0.4, 0.5) is 0 Å². The summed E-state index contributed by atoms with van der Waals surface area (Å²) in [6, 6.07) is 0. The quantitative estimate of drug-likeness (QED) is 0.411. The predicted molar refractivity (Wildman–Crippen MR) is 44.2 cm³/mol. The average Bonchev–Trinajstić information content (AvgIpc) is 2.65. The minimum Gasteiger partial charge on any atom is -0.295 e. The molecule has 0 N–H and O–H groups in total. The second-order valence-corrected chi connectivity index (χ2v) is 3.40. The molecule has 0 heterocycles. The molecule has 1 unspecified atom stereocenters. The van der Waals surface area contributed by atoms with E-state index >= 15 is 0 Å². The smallest absolute Gasteiger partial charge is 0.152 e. The van der Waals surface area contributed by atoms with E-state index in [0.29, 0.717) is 5.92 Å². The molecule has 11 heavy (non-hydrogen) atoms. The van der Waals surface area contributed by atoms with Gasteiger partial charge in [-0.2, -0.15) is 0 Å². The van der Waals surface area contributed by atoms with Gasteiger partial charge in [-0.25, -0.2) is 0 Å². The molecule has 1 fully saturated rings. The molecular formula is C10H12O. The van der Waals surface area contributed by atoms with Gasteiger partial charge < -0.3 is 0 Å². The number of allylic oxidation sites excluding steroid dienone is 4. The molecule has 0 bridgehead atoms. The third-order valence-electron chi connectivity index (χ3n) is 2.39. The van der Waals surface area contributed by atoms with Crippen LogP contribution in [0.1, 0.15) is 26.2 Å². The van der Waals surface area contributed by atoms with Gasteiger partial charge in [-0.1, -0.05) is 17.2 Å². The van der Waals surface area contributed by atoms with Gasteiger partial charge in [-0.3, -0.25) is 4.79 Å². The predicted octanol–water partition coefficient (Wildman–Crippen LogP) is 2.24. The van der Waals surface area contributed by atoms with Gasteiger partial charge in [0.25, 0.3) is 0 Å². The largest absolute Gasteiger partial charge is 0.295 e. The molecule has 0 saturated heterocycles. The minimum atomic E-state index is 0.196. The van der Waals surface area contributed by atoms with E-state index in [1.807, 2.05) is 6.08 Å². The van der Waals surface area contributed by atoms with E-state index in [9.17, 15) is 4.79 Å². The van der Waals surface area contributed by atoms with E-state index in [0.717, 1.165) is 6.42 Å². The van der Waals surface area contributed by atoms with Crippen molar-refractivity contribution in [3.05, 3.63) is 23.3 Å². The maximum Gasteiger partial charge on any atom is 0.152 e. The number of hydrogen-bond donors (Lipinski definition) is 0. The maximum absolute atomic E-state index is 10.8. The van der Waals surface area contributed by atoms with E-state index in [-0.39, 0.29) is 5.78 Å². The average molecular weight is 148 g/mol. The van der Waals surface area contributed by atoms with E-state index < -0.39 is 0 Å². The van der Waals surface area contributed by atoms with Gasteiger partial charge >= 0.3 is 0 Å². The van der Waals surface area contributed by atoms with E-state index in [1.165, 1.54) is 18.4 Å². The number of rotatable bonds is 1. The second kappa shape index (κ2) is 2.33. The minimum absolute atomic E-state index is 0.196. The highest BCUT2D eigenvalue weighted by molar-refractivity contribution is 5.88. The lowest BCUT2D eigenvalue weighted by molar-refractivity contribution is -0.112. The van der Waals surface area contributed by atoms with Crippen LogP contribution >= 0.6 is 0 Å². The summed E-state index contributed by atoms with van der Waals surface area (Å²) >= 11 is 0. The van der Waals surface area contributed by atoms with Crippen LogP contribution < -0.4 is 0 Å². The number of fused-ring (bicyclic) bond motifs is 1. The summed E-state index contributed by atoms with van der Waals surface area (Å²) in [5.41, 5.74) is 2.91. The first-order valence-electron chi connectivity index (χ1n) is 4.19. The molecule has 2 aliphatic rings. The number of carbonyl (C=O) groups is 1. The van der Waals surface area contributed by atoms with Crippen molar-refractivity contribution in [2.75, 3.05) is 0 Å². The van der Waals surface area contributed by atoms with Crippen LogP contribution in [0, 0.1) is 5.92 Å². The Hall–Kier alpha value is -0.850. The highest BCUT2D eigenvalue weighted by Gasteiger charge is 2.31. The first-order chi connectivity index (χ1) is 5.27. The summed E-state index contributed by atoms with van der Waals surface area (Å²) in [5, 5.41) is 0. The Labute approximate surface area is 66.8 Å². The van der Waals surface area contributed by atoms with Crippen molar-refractivity contribution in [1.29, 1.82) is 0 Å². The molecule has 2 aliphatic carbocycles. The lowest BCUT2D eigenvalue weighted by atomic mass is 9.93. The fourth-order valence-corrected chi connectivity index (χ4v) is 1.83. The first-order valence-corrected chi connectivity index (χ1v) is 4.19. The highest BCUT2D eigenvalue weighted by Crippen LogP contribution is 2.45. The van der Waals surface area contributed by atoms with E-state index in [4.69, 9.17) is 0 Å². The number of hydrogen-bond acceptors (Lipinski definition) is 1. The van der Waals surface area contributed by atoms with Crippen molar-refractivity contribution >= 4 is 5.78 Å². The van der Waals surface area contributed by atoms with Gasteiger partial charge in [0.2, 0.25) is 0 Å². The third-order valence-corrected chi connectivity index (χ3v) is 2.39. The Balaban J connectivity index is 2.10. The monoisotopic (exact) mass is 148 g/mol. The van der Waals surface area contributed by atoms with Crippen molar-refractivity contribution in [3.8, 4) is 0 Å². The van der Waals surface area contributed by atoms with Crippen molar-refractivity contribution in [3.63, 3.8) is 0 Å². The summed E-state index contributed by atoms with van der Waals surface area (Å²) in [6.45, 7) is 1.63. The van der Waals surface area contributed by atoms with Crippen LogP contribution in [0.25, 0.3) is 0 Å². The summed E-state index contributed by atoms with van der Waals surface area (Å²) in [6.07, 6.45) is 7.72. The van der Waals surface area contributed by atoms with E-state index in [2.05, 4.69) is 6.08 Å². The van der Waals surface area contributed by atoms with Crippen molar-refractivity contribution < 1.29 is 4.79 Å². The Morgan fingerprint density at radius 2 is 2.45 bits per heavy atom. The lowest BCUT2D eigenvalue weighted by Gasteiger charge is -2.12. The molecule has 0 aromatic carbocycles. The molecular weight excluding hydrogens is 136 g/mol. The molecule has 0 aromatic rings. The van der Waals surface area contributed by atoms with Crippen LogP contribution in [0.15, 0.2) is 23.3 Å². The molecule has 58 valence electrons. The molecule has 0 aromatic heterocycles. The van der Waals surface area contributed by atoms with Gasteiger partial charge in [0, 0.05) is 5.92 Å². The molecule has 1 saturated carbocycles. The Kier molecular flexibility index (Phi) is 1.45. The van der Waals surface area contributed by atoms with Crippen LogP contribution in [-0.4, -0.2) is 5.78 Å². The van der Waals surface area contributed by atoms with Crippen molar-refractivity contribution in [2.24, 2.45) is 5.92 Å².